The Morgan fingerprint density at radius 1 is 0.638 bits per heavy atom. The highest BCUT2D eigenvalue weighted by atomic mass is 32.1. The molecule has 4 aliphatic rings. The maximum Gasteiger partial charge on any atom is 0.346 e. The van der Waals surface area contributed by atoms with Crippen molar-refractivity contribution in [2.75, 3.05) is 26.2 Å². The first-order valence-corrected chi connectivity index (χ1v) is 26.5. The van der Waals surface area contributed by atoms with E-state index in [0.29, 0.717) is 52.6 Å². The molecule has 3 atom stereocenters. The lowest BCUT2D eigenvalue weighted by molar-refractivity contribution is 0.0690. The maximum atomic E-state index is 13.8. The lowest BCUT2D eigenvalue weighted by atomic mass is 9.68. The van der Waals surface area contributed by atoms with Crippen molar-refractivity contribution in [1.82, 2.24) is 14.8 Å². The lowest BCUT2D eigenvalue weighted by Crippen LogP contribution is -2.39. The van der Waals surface area contributed by atoms with Crippen LogP contribution in [-0.4, -0.2) is 69.0 Å². The van der Waals surface area contributed by atoms with Crippen LogP contribution in [0.2, 0.25) is 0 Å². The van der Waals surface area contributed by atoms with Crippen molar-refractivity contribution in [3.63, 3.8) is 0 Å². The largest absolute Gasteiger partial charge is 0.477 e. The van der Waals surface area contributed by atoms with E-state index in [4.69, 9.17) is 0 Å². The monoisotopic (exact) mass is 955 g/mol. The van der Waals surface area contributed by atoms with Crippen LogP contribution in [0.1, 0.15) is 130 Å². The van der Waals surface area contributed by atoms with Crippen molar-refractivity contribution < 1.29 is 24.6 Å². The summed E-state index contributed by atoms with van der Waals surface area (Å²) in [6.45, 7) is 8.20. The molecular formula is C59H61N3O5S2. The first kappa shape index (κ1) is 46.8. The van der Waals surface area contributed by atoms with Crippen LogP contribution >= 0.6 is 22.7 Å². The van der Waals surface area contributed by atoms with Gasteiger partial charge in [0.15, 0.2) is 0 Å². The van der Waals surface area contributed by atoms with Gasteiger partial charge in [-0.05, 0) is 155 Å². The average Bonchev–Trinajstić information content (AvgIpc) is 4.04. The highest BCUT2D eigenvalue weighted by molar-refractivity contribution is 7.18. The van der Waals surface area contributed by atoms with Crippen LogP contribution in [0.5, 0.6) is 0 Å². The van der Waals surface area contributed by atoms with Crippen LogP contribution in [-0.2, 0) is 6.54 Å². The Morgan fingerprint density at radius 3 is 1.90 bits per heavy atom. The quantitative estimate of drug-likeness (QED) is 0.126. The van der Waals surface area contributed by atoms with Crippen molar-refractivity contribution in [3.05, 3.63) is 170 Å². The second-order valence-corrected chi connectivity index (χ2v) is 22.1. The number of aromatic carboxylic acids is 2. The minimum absolute atomic E-state index is 0.0312. The summed E-state index contributed by atoms with van der Waals surface area (Å²) in [7, 11) is 0. The van der Waals surface area contributed by atoms with Gasteiger partial charge >= 0.3 is 11.9 Å². The fourth-order valence-corrected chi connectivity index (χ4v) is 13.9. The molecule has 0 spiro atoms. The van der Waals surface area contributed by atoms with Crippen LogP contribution in [0.25, 0.3) is 32.0 Å². The molecule has 6 aromatic rings. The number of rotatable bonds is 12. The van der Waals surface area contributed by atoms with Gasteiger partial charge in [-0.1, -0.05) is 99.5 Å². The number of hydrogen-bond acceptors (Lipinski definition) is 7. The van der Waals surface area contributed by atoms with Gasteiger partial charge in [-0.3, -0.25) is 14.7 Å². The second kappa shape index (κ2) is 20.6. The van der Waals surface area contributed by atoms with E-state index >= 15 is 0 Å². The molecule has 0 saturated heterocycles. The maximum absolute atomic E-state index is 13.8. The molecule has 354 valence electrons. The van der Waals surface area contributed by atoms with Crippen LogP contribution < -0.4 is 0 Å². The molecule has 3 aromatic carbocycles. The lowest BCUT2D eigenvalue weighted by Gasteiger charge is -2.40. The van der Waals surface area contributed by atoms with E-state index in [1.807, 2.05) is 65.8 Å². The number of thiophene rings is 2. The number of pyridine rings is 1. The molecular weight excluding hydrogens is 895 g/mol. The van der Waals surface area contributed by atoms with Gasteiger partial charge in [0, 0.05) is 71.6 Å². The van der Waals surface area contributed by atoms with E-state index in [0.717, 1.165) is 109 Å². The minimum atomic E-state index is -0.907. The predicted octanol–water partition coefficient (Wildman–Crippen LogP) is 13.9. The molecule has 0 bridgehead atoms. The summed E-state index contributed by atoms with van der Waals surface area (Å²) >= 11 is 2.75. The number of hydrogen-bond donors (Lipinski definition) is 2. The van der Waals surface area contributed by atoms with E-state index in [1.54, 1.807) is 0 Å². The van der Waals surface area contributed by atoms with Crippen molar-refractivity contribution in [1.29, 1.82) is 0 Å². The predicted molar refractivity (Wildman–Crippen MR) is 279 cm³/mol. The van der Waals surface area contributed by atoms with Crippen LogP contribution in [0, 0.1) is 23.7 Å². The standard InChI is InChI=1S/C59H61N3O5S2/c1-37-16-19-40(20-17-37)52-36-62(57(63)42-12-7-4-8-13-42)29-25-47(52)50-33-54(69-56(50)59(66)67)45-15-9-14-43(30-45)48-31-44(21-18-38(48)2)51-35-61(34-39-22-26-60-27-23-39)28-24-46(51)49-32-53(68-55(49)58(64)65)41-10-5-3-6-11-41/h3-15,22-23,26-27,30,32-33,37-38,40,44,48H,16-21,24-25,28-29,31,34-36H2,1-2H3,(H,64,65)(H,66,67). The summed E-state index contributed by atoms with van der Waals surface area (Å²) in [5.74, 6) is 0.201. The fraction of sp³-hybridized carbons (Fsp3) is 0.356. The number of carboxylic acids is 2. The molecule has 2 N–H and O–H groups in total. The van der Waals surface area contributed by atoms with E-state index < -0.39 is 11.9 Å². The van der Waals surface area contributed by atoms with Crippen molar-refractivity contribution in [3.8, 4) is 20.9 Å². The number of carbonyl (C=O) groups is 3. The third-order valence-corrected chi connectivity index (χ3v) is 18.0. The Labute approximate surface area is 414 Å². The van der Waals surface area contributed by atoms with Gasteiger partial charge in [0.2, 0.25) is 0 Å². The smallest absolute Gasteiger partial charge is 0.346 e. The van der Waals surface area contributed by atoms with Gasteiger partial charge < -0.3 is 15.1 Å². The van der Waals surface area contributed by atoms with Gasteiger partial charge in [0.1, 0.15) is 9.75 Å². The van der Waals surface area contributed by atoms with Gasteiger partial charge in [-0.2, -0.15) is 0 Å². The number of aromatic nitrogens is 1. The summed E-state index contributed by atoms with van der Waals surface area (Å²) in [5, 5.41) is 21.5. The van der Waals surface area contributed by atoms with E-state index in [1.165, 1.54) is 50.5 Å². The molecule has 2 aliphatic heterocycles. The molecule has 2 fully saturated rings. The van der Waals surface area contributed by atoms with Crippen LogP contribution in [0.3, 0.4) is 0 Å². The third-order valence-electron chi connectivity index (χ3n) is 15.7. The molecule has 3 aromatic heterocycles. The SMILES string of the molecule is CC1CCC(C2=C(c3cc(-c4cccc(C5CC(C6=C(c7cc(-c8ccccc8)sc7C(=O)O)CCN(Cc7ccncc7)C6)CCC5C)c4)sc3C(=O)O)CCN(C(=O)c3ccccc3)C2)CC1. The first-order valence-electron chi connectivity index (χ1n) is 24.9. The summed E-state index contributed by atoms with van der Waals surface area (Å²) in [5.41, 5.74) is 11.8. The first-order chi connectivity index (χ1) is 33.6. The van der Waals surface area contributed by atoms with E-state index in [2.05, 4.69) is 84.4 Å². The molecule has 0 radical (unpaired) electrons. The second-order valence-electron chi connectivity index (χ2n) is 20.0. The highest BCUT2D eigenvalue weighted by Crippen LogP contribution is 2.49. The molecule has 2 saturated carbocycles. The van der Waals surface area contributed by atoms with Crippen LogP contribution in [0.4, 0.5) is 0 Å². The molecule has 2 aliphatic carbocycles. The zero-order valence-corrected chi connectivity index (χ0v) is 41.2. The zero-order chi connectivity index (χ0) is 47.6. The van der Waals surface area contributed by atoms with Gasteiger partial charge in [0.25, 0.3) is 5.91 Å². The number of carbonyl (C=O) groups excluding carboxylic acids is 1. The molecule has 10 rings (SSSR count). The van der Waals surface area contributed by atoms with Crippen molar-refractivity contribution in [2.45, 2.75) is 84.1 Å². The van der Waals surface area contributed by atoms with Gasteiger partial charge in [0.05, 0.1) is 0 Å². The molecule has 8 nitrogen and oxygen atoms in total. The fourth-order valence-electron chi connectivity index (χ4n) is 11.9. The number of benzene rings is 3. The number of nitrogens with zero attached hydrogens (tertiary/aromatic N) is 3. The number of amides is 1. The molecule has 3 unspecified atom stereocenters. The van der Waals surface area contributed by atoms with Crippen molar-refractivity contribution in [2.24, 2.45) is 23.7 Å². The third kappa shape index (κ3) is 10.1. The van der Waals surface area contributed by atoms with E-state index in [9.17, 15) is 24.6 Å². The van der Waals surface area contributed by atoms with Crippen molar-refractivity contribution >= 4 is 51.7 Å². The molecule has 10 heteroatoms. The Balaban J connectivity index is 0.981. The summed E-state index contributed by atoms with van der Waals surface area (Å²) < 4.78 is 0. The topological polar surface area (TPSA) is 111 Å². The molecule has 69 heavy (non-hydrogen) atoms. The minimum Gasteiger partial charge on any atom is -0.477 e. The molecule has 5 heterocycles. The van der Waals surface area contributed by atoms with Crippen LogP contribution in [0.15, 0.2) is 133 Å². The average molecular weight is 956 g/mol. The summed E-state index contributed by atoms with van der Waals surface area (Å²) in [6.07, 6.45) is 12.5. The Kier molecular flexibility index (Phi) is 13.9. The van der Waals surface area contributed by atoms with E-state index in [-0.39, 0.29) is 17.7 Å². The number of carboxylic acid groups (broad SMARTS) is 2. The van der Waals surface area contributed by atoms with Gasteiger partial charge in [-0.25, -0.2) is 9.59 Å². The summed E-state index contributed by atoms with van der Waals surface area (Å²) in [4.78, 5) is 51.5. The molecule has 1 amide bonds. The Hall–Kier alpha value is -5.94. The zero-order valence-electron chi connectivity index (χ0n) is 39.6. The normalized spacial score (nSPS) is 22.5. The highest BCUT2D eigenvalue weighted by Gasteiger charge is 2.37. The Morgan fingerprint density at radius 2 is 1.23 bits per heavy atom. The summed E-state index contributed by atoms with van der Waals surface area (Å²) in [6, 6.07) is 36.9. The Bertz CT molecular complexity index is 2890. The van der Waals surface area contributed by atoms with Gasteiger partial charge in [-0.15, -0.1) is 22.7 Å².